The SMILES string of the molecule is Cc1cccnc1Oc1cccc(C(O)c2ccc(O)cc2CO)c1. The Morgan fingerprint density at radius 2 is 1.92 bits per heavy atom. The highest BCUT2D eigenvalue weighted by Crippen LogP contribution is 2.31. The van der Waals surface area contributed by atoms with E-state index in [4.69, 9.17) is 4.74 Å². The summed E-state index contributed by atoms with van der Waals surface area (Å²) < 4.78 is 5.80. The van der Waals surface area contributed by atoms with Gasteiger partial charge in [0, 0.05) is 11.8 Å². The molecule has 5 nitrogen and oxygen atoms in total. The number of rotatable bonds is 5. The number of aliphatic hydroxyl groups is 2. The number of aromatic hydroxyl groups is 1. The van der Waals surface area contributed by atoms with Crippen molar-refractivity contribution in [3.63, 3.8) is 0 Å². The summed E-state index contributed by atoms with van der Waals surface area (Å²) in [5.74, 6) is 1.11. The minimum absolute atomic E-state index is 0.0442. The molecule has 0 saturated carbocycles. The quantitative estimate of drug-likeness (QED) is 0.664. The molecule has 0 aliphatic heterocycles. The van der Waals surface area contributed by atoms with E-state index in [9.17, 15) is 15.3 Å². The van der Waals surface area contributed by atoms with Gasteiger partial charge in [-0.3, -0.25) is 0 Å². The van der Waals surface area contributed by atoms with Crippen molar-refractivity contribution < 1.29 is 20.1 Å². The van der Waals surface area contributed by atoms with Crippen molar-refractivity contribution in [2.75, 3.05) is 0 Å². The molecule has 3 N–H and O–H groups in total. The molecular weight excluding hydrogens is 318 g/mol. The summed E-state index contributed by atoms with van der Waals surface area (Å²) in [6.07, 6.45) is 0.710. The number of nitrogens with zero attached hydrogens (tertiary/aromatic N) is 1. The van der Waals surface area contributed by atoms with Crippen molar-refractivity contribution >= 4 is 0 Å². The topological polar surface area (TPSA) is 82.8 Å². The van der Waals surface area contributed by atoms with Crippen molar-refractivity contribution in [2.45, 2.75) is 19.6 Å². The van der Waals surface area contributed by atoms with Crippen molar-refractivity contribution in [2.24, 2.45) is 0 Å². The fourth-order valence-electron chi connectivity index (χ4n) is 2.61. The monoisotopic (exact) mass is 337 g/mol. The average Bonchev–Trinajstić information content (AvgIpc) is 2.63. The third-order valence-electron chi connectivity index (χ3n) is 3.94. The van der Waals surface area contributed by atoms with E-state index in [1.807, 2.05) is 19.1 Å². The smallest absolute Gasteiger partial charge is 0.222 e. The van der Waals surface area contributed by atoms with E-state index in [2.05, 4.69) is 4.98 Å². The second-order valence-corrected chi connectivity index (χ2v) is 5.74. The van der Waals surface area contributed by atoms with E-state index in [0.717, 1.165) is 5.56 Å². The third-order valence-corrected chi connectivity index (χ3v) is 3.94. The lowest BCUT2D eigenvalue weighted by Crippen LogP contribution is -2.04. The molecule has 3 aromatic rings. The fourth-order valence-corrected chi connectivity index (χ4v) is 2.61. The van der Waals surface area contributed by atoms with Gasteiger partial charge in [0.15, 0.2) is 0 Å². The number of phenols is 1. The first-order valence-corrected chi connectivity index (χ1v) is 7.88. The maximum absolute atomic E-state index is 10.7. The van der Waals surface area contributed by atoms with Gasteiger partial charge in [-0.15, -0.1) is 0 Å². The van der Waals surface area contributed by atoms with Crippen LogP contribution >= 0.6 is 0 Å². The summed E-state index contributed by atoms with van der Waals surface area (Å²) in [6, 6.07) is 15.3. The summed E-state index contributed by atoms with van der Waals surface area (Å²) in [4.78, 5) is 4.20. The van der Waals surface area contributed by atoms with Crippen LogP contribution in [0.2, 0.25) is 0 Å². The highest BCUT2D eigenvalue weighted by molar-refractivity contribution is 5.42. The standard InChI is InChI=1S/C20H19NO4/c1-13-4-3-9-21-20(13)25-17-6-2-5-14(11-17)19(24)18-8-7-16(23)10-15(18)12-22/h2-11,19,22-24H,12H2,1H3. The van der Waals surface area contributed by atoms with Gasteiger partial charge in [0.05, 0.1) is 6.61 Å². The zero-order valence-electron chi connectivity index (χ0n) is 13.8. The zero-order chi connectivity index (χ0) is 17.8. The van der Waals surface area contributed by atoms with E-state index in [1.165, 1.54) is 12.1 Å². The van der Waals surface area contributed by atoms with Gasteiger partial charge in [0.2, 0.25) is 5.88 Å². The van der Waals surface area contributed by atoms with Crippen LogP contribution in [0.1, 0.15) is 28.4 Å². The Labute approximate surface area is 145 Å². The van der Waals surface area contributed by atoms with Crippen molar-refractivity contribution in [1.29, 1.82) is 0 Å². The molecule has 0 saturated heterocycles. The summed E-state index contributed by atoms with van der Waals surface area (Å²) >= 11 is 0. The number of ether oxygens (including phenoxy) is 1. The van der Waals surface area contributed by atoms with Crippen LogP contribution in [0, 0.1) is 6.92 Å². The summed E-state index contributed by atoms with van der Waals surface area (Å²) in [5, 5.41) is 29.7. The molecule has 1 unspecified atom stereocenters. The highest BCUT2D eigenvalue weighted by atomic mass is 16.5. The second-order valence-electron chi connectivity index (χ2n) is 5.74. The lowest BCUT2D eigenvalue weighted by Gasteiger charge is -2.16. The fraction of sp³-hybridized carbons (Fsp3) is 0.150. The number of aliphatic hydroxyl groups excluding tert-OH is 2. The molecular formula is C20H19NO4. The van der Waals surface area contributed by atoms with E-state index < -0.39 is 6.10 Å². The molecule has 0 aliphatic carbocycles. The minimum atomic E-state index is -0.948. The van der Waals surface area contributed by atoms with Crippen molar-refractivity contribution in [1.82, 2.24) is 4.98 Å². The van der Waals surface area contributed by atoms with Crippen LogP contribution < -0.4 is 4.74 Å². The van der Waals surface area contributed by atoms with Crippen LogP contribution in [0.5, 0.6) is 17.4 Å². The first-order valence-electron chi connectivity index (χ1n) is 7.88. The molecule has 5 heteroatoms. The number of aromatic nitrogens is 1. The summed E-state index contributed by atoms with van der Waals surface area (Å²) in [7, 11) is 0. The number of aryl methyl sites for hydroxylation is 1. The Kier molecular flexibility index (Phi) is 4.97. The molecule has 25 heavy (non-hydrogen) atoms. The Hall–Kier alpha value is -2.89. The van der Waals surface area contributed by atoms with Crippen molar-refractivity contribution in [3.8, 4) is 17.4 Å². The molecule has 0 amide bonds. The molecule has 3 rings (SSSR count). The first kappa shape index (κ1) is 17.0. The van der Waals surface area contributed by atoms with Gasteiger partial charge in [-0.25, -0.2) is 4.98 Å². The van der Waals surface area contributed by atoms with Crippen molar-refractivity contribution in [3.05, 3.63) is 83.0 Å². The molecule has 1 atom stereocenters. The van der Waals surface area contributed by atoms with Gasteiger partial charge in [0.1, 0.15) is 17.6 Å². The Morgan fingerprint density at radius 1 is 1.08 bits per heavy atom. The largest absolute Gasteiger partial charge is 0.508 e. The van der Waals surface area contributed by atoms with Crippen LogP contribution in [-0.2, 0) is 6.61 Å². The lowest BCUT2D eigenvalue weighted by molar-refractivity contribution is 0.212. The Bertz CT molecular complexity index is 879. The van der Waals surface area contributed by atoms with Crippen LogP contribution in [0.3, 0.4) is 0 Å². The number of hydrogen-bond donors (Lipinski definition) is 3. The number of pyridine rings is 1. The second kappa shape index (κ2) is 7.34. The van der Waals surface area contributed by atoms with Gasteiger partial charge in [-0.2, -0.15) is 0 Å². The maximum atomic E-state index is 10.7. The predicted molar refractivity (Wildman–Crippen MR) is 93.6 cm³/mol. The molecule has 0 radical (unpaired) electrons. The summed E-state index contributed by atoms with van der Waals surface area (Å²) in [6.45, 7) is 1.63. The van der Waals surface area contributed by atoms with Gasteiger partial charge < -0.3 is 20.1 Å². The highest BCUT2D eigenvalue weighted by Gasteiger charge is 2.16. The molecule has 1 heterocycles. The molecule has 128 valence electrons. The molecule has 0 aliphatic rings. The normalized spacial score (nSPS) is 12.0. The van der Waals surface area contributed by atoms with E-state index in [1.54, 1.807) is 36.5 Å². The minimum Gasteiger partial charge on any atom is -0.508 e. The van der Waals surface area contributed by atoms with Crippen LogP contribution in [0.25, 0.3) is 0 Å². The van der Waals surface area contributed by atoms with Gasteiger partial charge in [0.25, 0.3) is 0 Å². The maximum Gasteiger partial charge on any atom is 0.222 e. The van der Waals surface area contributed by atoms with Crippen LogP contribution in [-0.4, -0.2) is 20.3 Å². The molecule has 1 aromatic heterocycles. The molecule has 2 aromatic carbocycles. The third kappa shape index (κ3) is 3.79. The molecule has 0 fully saturated rings. The molecule has 0 bridgehead atoms. The van der Waals surface area contributed by atoms with Gasteiger partial charge in [-0.05, 0) is 53.9 Å². The predicted octanol–water partition coefficient (Wildman–Crippen LogP) is 3.46. The first-order chi connectivity index (χ1) is 12.1. The number of benzene rings is 2. The van der Waals surface area contributed by atoms with E-state index >= 15 is 0 Å². The van der Waals surface area contributed by atoms with E-state index in [-0.39, 0.29) is 12.4 Å². The van der Waals surface area contributed by atoms with Gasteiger partial charge in [-0.1, -0.05) is 24.3 Å². The van der Waals surface area contributed by atoms with E-state index in [0.29, 0.717) is 28.3 Å². The zero-order valence-corrected chi connectivity index (χ0v) is 13.8. The number of phenolic OH excluding ortho intramolecular Hbond substituents is 1. The summed E-state index contributed by atoms with van der Waals surface area (Å²) in [5.41, 5.74) is 2.53. The number of hydrogen-bond acceptors (Lipinski definition) is 5. The Morgan fingerprint density at radius 3 is 2.68 bits per heavy atom. The van der Waals surface area contributed by atoms with Crippen LogP contribution in [0.15, 0.2) is 60.8 Å². The lowest BCUT2D eigenvalue weighted by atomic mass is 9.96. The average molecular weight is 337 g/mol. The Balaban J connectivity index is 1.90. The van der Waals surface area contributed by atoms with Crippen LogP contribution in [0.4, 0.5) is 0 Å². The van der Waals surface area contributed by atoms with Gasteiger partial charge >= 0.3 is 0 Å². The molecule has 0 spiro atoms.